The Labute approximate surface area is 167 Å². The molecule has 0 spiro atoms. The van der Waals surface area contributed by atoms with Crippen molar-refractivity contribution in [1.82, 2.24) is 0 Å². The minimum absolute atomic E-state index is 0.0475. The number of aliphatic hydroxyl groups is 1. The van der Waals surface area contributed by atoms with Crippen molar-refractivity contribution in [2.45, 2.75) is 57.6 Å². The molecule has 0 amide bonds. The predicted octanol–water partition coefficient (Wildman–Crippen LogP) is 4.36. The Morgan fingerprint density at radius 1 is 0.964 bits per heavy atom. The van der Waals surface area contributed by atoms with Crippen molar-refractivity contribution in [3.63, 3.8) is 0 Å². The average molecular weight is 405 g/mol. The Hall–Kier alpha value is -1.56. The van der Waals surface area contributed by atoms with E-state index in [4.69, 9.17) is 4.43 Å². The SMILES string of the molecule is CC1(O)CC(CO[Si](c2ccccc2)(c2ccccc2)C(C)(C)C)(C(F)F)C1. The molecule has 152 valence electrons. The van der Waals surface area contributed by atoms with Gasteiger partial charge < -0.3 is 9.53 Å². The van der Waals surface area contributed by atoms with E-state index in [1.807, 2.05) is 36.4 Å². The monoisotopic (exact) mass is 404 g/mol. The molecule has 0 unspecified atom stereocenters. The number of alkyl halides is 2. The zero-order valence-corrected chi connectivity index (χ0v) is 18.1. The van der Waals surface area contributed by atoms with Gasteiger partial charge in [-0.15, -0.1) is 0 Å². The number of rotatable bonds is 6. The minimum atomic E-state index is -2.85. The first-order valence-corrected chi connectivity index (χ1v) is 11.7. The summed E-state index contributed by atoms with van der Waals surface area (Å²) in [6.07, 6.45) is -2.39. The first-order chi connectivity index (χ1) is 13.0. The molecule has 2 aromatic carbocycles. The molecule has 1 fully saturated rings. The summed E-state index contributed by atoms with van der Waals surface area (Å²) in [5.41, 5.74) is -2.32. The Balaban J connectivity index is 2.07. The molecule has 0 aliphatic heterocycles. The molecular weight excluding hydrogens is 374 g/mol. The van der Waals surface area contributed by atoms with Gasteiger partial charge in [0.25, 0.3) is 8.32 Å². The lowest BCUT2D eigenvalue weighted by Gasteiger charge is -2.53. The molecule has 1 aliphatic carbocycles. The fourth-order valence-electron chi connectivity index (χ4n) is 4.80. The van der Waals surface area contributed by atoms with E-state index in [1.54, 1.807) is 6.92 Å². The van der Waals surface area contributed by atoms with Crippen LogP contribution < -0.4 is 10.4 Å². The standard InChI is InChI=1S/C23H30F2O2Si/c1-21(2,3)28(18-11-7-5-8-12-18,19-13-9-6-10-14-19)27-17-23(20(24)25)15-22(4,26)16-23/h5-14,20,26H,15-17H2,1-4H3. The maximum atomic E-state index is 14.0. The van der Waals surface area contributed by atoms with E-state index in [0.29, 0.717) is 0 Å². The third kappa shape index (κ3) is 3.67. The Kier molecular flexibility index (Phi) is 5.56. The van der Waals surface area contributed by atoms with Gasteiger partial charge in [0.2, 0.25) is 6.43 Å². The molecule has 0 radical (unpaired) electrons. The Bertz CT molecular complexity index is 738. The molecule has 28 heavy (non-hydrogen) atoms. The third-order valence-electron chi connectivity index (χ3n) is 5.92. The number of benzene rings is 2. The minimum Gasteiger partial charge on any atom is -0.407 e. The van der Waals surface area contributed by atoms with Crippen LogP contribution in [0.15, 0.2) is 60.7 Å². The highest BCUT2D eigenvalue weighted by molar-refractivity contribution is 6.99. The van der Waals surface area contributed by atoms with Crippen LogP contribution in [0.25, 0.3) is 0 Å². The van der Waals surface area contributed by atoms with Crippen molar-refractivity contribution >= 4 is 18.7 Å². The summed E-state index contributed by atoms with van der Waals surface area (Å²) in [5, 5.41) is 12.0. The van der Waals surface area contributed by atoms with Gasteiger partial charge in [-0.05, 0) is 35.2 Å². The van der Waals surface area contributed by atoms with Crippen molar-refractivity contribution in [1.29, 1.82) is 0 Å². The van der Waals surface area contributed by atoms with Crippen molar-refractivity contribution in [2.75, 3.05) is 6.61 Å². The topological polar surface area (TPSA) is 29.5 Å². The summed E-state index contributed by atoms with van der Waals surface area (Å²) in [6, 6.07) is 20.0. The van der Waals surface area contributed by atoms with Crippen LogP contribution in [0.1, 0.15) is 40.5 Å². The number of halogens is 2. The fraction of sp³-hybridized carbons (Fsp3) is 0.478. The first-order valence-electron chi connectivity index (χ1n) is 9.78. The quantitative estimate of drug-likeness (QED) is 0.725. The van der Waals surface area contributed by atoms with Crippen molar-refractivity contribution in [2.24, 2.45) is 5.41 Å². The molecule has 0 saturated heterocycles. The van der Waals surface area contributed by atoms with Gasteiger partial charge in [0, 0.05) is 6.61 Å². The molecule has 1 saturated carbocycles. The number of hydrogen-bond acceptors (Lipinski definition) is 2. The van der Waals surface area contributed by atoms with Gasteiger partial charge in [-0.1, -0.05) is 81.4 Å². The lowest BCUT2D eigenvalue weighted by atomic mass is 9.60. The molecule has 5 heteroatoms. The van der Waals surface area contributed by atoms with Gasteiger partial charge in [-0.25, -0.2) is 8.78 Å². The summed E-state index contributed by atoms with van der Waals surface area (Å²) in [7, 11) is -2.85. The van der Waals surface area contributed by atoms with Crippen molar-refractivity contribution in [3.8, 4) is 0 Å². The summed E-state index contributed by atoms with van der Waals surface area (Å²) in [5.74, 6) is 0. The van der Waals surface area contributed by atoms with E-state index >= 15 is 0 Å². The third-order valence-corrected chi connectivity index (χ3v) is 10.9. The highest BCUT2D eigenvalue weighted by Gasteiger charge is 2.59. The van der Waals surface area contributed by atoms with E-state index < -0.39 is 25.8 Å². The summed E-state index contributed by atoms with van der Waals surface area (Å²) < 4.78 is 34.6. The molecule has 1 aliphatic rings. The van der Waals surface area contributed by atoms with Gasteiger partial charge in [0.15, 0.2) is 0 Å². The molecule has 2 aromatic rings. The van der Waals surface area contributed by atoms with Crippen LogP contribution in [0.2, 0.25) is 5.04 Å². The van der Waals surface area contributed by atoms with E-state index in [1.165, 1.54) is 0 Å². The van der Waals surface area contributed by atoms with Gasteiger partial charge in [-0.3, -0.25) is 0 Å². The van der Waals surface area contributed by atoms with Gasteiger partial charge >= 0.3 is 0 Å². The maximum Gasteiger partial charge on any atom is 0.261 e. The second kappa shape index (κ2) is 7.36. The Morgan fingerprint density at radius 3 is 1.71 bits per heavy atom. The first kappa shape index (κ1) is 21.2. The average Bonchev–Trinajstić information content (AvgIpc) is 2.61. The van der Waals surface area contributed by atoms with Crippen molar-refractivity contribution < 1.29 is 18.3 Å². The normalized spacial score (nSPS) is 25.6. The zero-order valence-electron chi connectivity index (χ0n) is 17.1. The van der Waals surface area contributed by atoms with Crippen molar-refractivity contribution in [3.05, 3.63) is 60.7 Å². The lowest BCUT2D eigenvalue weighted by Crippen LogP contribution is -2.68. The van der Waals surface area contributed by atoms with Gasteiger partial charge in [0.05, 0.1) is 11.0 Å². The highest BCUT2D eigenvalue weighted by Crippen LogP contribution is 2.53. The van der Waals surface area contributed by atoms with Crippen LogP contribution in [0.3, 0.4) is 0 Å². The number of hydrogen-bond donors (Lipinski definition) is 1. The molecule has 2 nitrogen and oxygen atoms in total. The van der Waals surface area contributed by atoms with Crippen LogP contribution in [0.4, 0.5) is 8.78 Å². The van der Waals surface area contributed by atoms with Crippen LogP contribution in [-0.2, 0) is 4.43 Å². The molecular formula is C23H30F2O2Si. The van der Waals surface area contributed by atoms with Crippen LogP contribution >= 0.6 is 0 Å². The van der Waals surface area contributed by atoms with Gasteiger partial charge in [-0.2, -0.15) is 0 Å². The van der Waals surface area contributed by atoms with E-state index in [-0.39, 0.29) is 24.5 Å². The van der Waals surface area contributed by atoms with Gasteiger partial charge in [0.1, 0.15) is 0 Å². The van der Waals surface area contributed by atoms with Crippen LogP contribution in [0, 0.1) is 5.41 Å². The molecule has 0 aromatic heterocycles. The van der Waals surface area contributed by atoms with E-state index in [0.717, 1.165) is 10.4 Å². The largest absolute Gasteiger partial charge is 0.407 e. The molecule has 0 atom stereocenters. The summed E-state index contributed by atoms with van der Waals surface area (Å²) >= 11 is 0. The van der Waals surface area contributed by atoms with Crippen LogP contribution in [0.5, 0.6) is 0 Å². The fourth-order valence-corrected chi connectivity index (χ4v) is 9.46. The second-order valence-corrected chi connectivity index (χ2v) is 13.8. The zero-order chi connectivity index (χ0) is 20.6. The maximum absolute atomic E-state index is 14.0. The molecule has 0 heterocycles. The highest BCUT2D eigenvalue weighted by atomic mass is 28.4. The van der Waals surface area contributed by atoms with E-state index in [2.05, 4.69) is 45.0 Å². The Morgan fingerprint density at radius 2 is 1.39 bits per heavy atom. The van der Waals surface area contributed by atoms with E-state index in [9.17, 15) is 13.9 Å². The second-order valence-electron chi connectivity index (χ2n) is 9.47. The molecule has 0 bridgehead atoms. The molecule has 3 rings (SSSR count). The predicted molar refractivity (Wildman–Crippen MR) is 112 cm³/mol. The smallest absolute Gasteiger partial charge is 0.261 e. The molecule has 1 N–H and O–H groups in total. The lowest BCUT2D eigenvalue weighted by molar-refractivity contribution is -0.191. The summed E-state index contributed by atoms with van der Waals surface area (Å²) in [4.78, 5) is 0. The van der Waals surface area contributed by atoms with Crippen LogP contribution in [-0.4, -0.2) is 32.1 Å². The summed E-state index contributed by atoms with van der Waals surface area (Å²) in [6.45, 7) is 7.96.